The lowest BCUT2D eigenvalue weighted by atomic mass is 10.1. The van der Waals surface area contributed by atoms with Crippen LogP contribution in [0.1, 0.15) is 11.1 Å². The van der Waals surface area contributed by atoms with Crippen LogP contribution >= 0.6 is 23.5 Å². The highest BCUT2D eigenvalue weighted by Gasteiger charge is 2.20. The largest absolute Gasteiger partial charge is 0.497 e. The number of anilines is 4. The Labute approximate surface area is 256 Å². The van der Waals surface area contributed by atoms with Crippen LogP contribution in [0.4, 0.5) is 23.0 Å². The minimum Gasteiger partial charge on any atom is -0.497 e. The van der Waals surface area contributed by atoms with Gasteiger partial charge in [-0.15, -0.1) is 0 Å². The van der Waals surface area contributed by atoms with Crippen LogP contribution in [0.15, 0.2) is 83.1 Å². The highest BCUT2D eigenvalue weighted by atomic mass is 32.2. The summed E-state index contributed by atoms with van der Waals surface area (Å²) in [4.78, 5) is 18.9. The molecule has 0 atom stereocenters. The summed E-state index contributed by atoms with van der Waals surface area (Å²) < 4.78 is 10.6. The highest BCUT2D eigenvalue weighted by Crippen LogP contribution is 2.36. The predicted octanol–water partition coefficient (Wildman–Crippen LogP) is 7.00. The summed E-state index contributed by atoms with van der Waals surface area (Å²) in [7, 11) is 3.21. The molecule has 5 aromatic rings. The van der Waals surface area contributed by atoms with Gasteiger partial charge < -0.3 is 20.1 Å². The Kier molecular flexibility index (Phi) is 7.96. The molecule has 0 fully saturated rings. The minimum atomic E-state index is 0.325. The Hall–Kier alpha value is -5.30. The van der Waals surface area contributed by atoms with Gasteiger partial charge in [0.25, 0.3) is 0 Å². The number of benzene rings is 3. The Morgan fingerprint density at radius 3 is 1.35 bits per heavy atom. The quantitative estimate of drug-likeness (QED) is 0.204. The third-order valence-corrected chi connectivity index (χ3v) is 8.34. The molecule has 0 unspecified atom stereocenters. The summed E-state index contributed by atoms with van der Waals surface area (Å²) in [5, 5.41) is 28.3. The summed E-state index contributed by atoms with van der Waals surface area (Å²) in [6, 6.07) is 26.8. The zero-order chi connectivity index (χ0) is 29.8. The number of nitrogens with one attached hydrogen (secondary N) is 2. The van der Waals surface area contributed by atoms with Crippen LogP contribution in [0.2, 0.25) is 0 Å². The van der Waals surface area contributed by atoms with Crippen LogP contribution in [-0.2, 0) is 0 Å². The lowest BCUT2D eigenvalue weighted by Crippen LogP contribution is -2.04. The van der Waals surface area contributed by atoms with Crippen molar-refractivity contribution in [2.75, 3.05) is 29.9 Å². The molecule has 10 nitrogen and oxygen atoms in total. The van der Waals surface area contributed by atoms with Gasteiger partial charge in [-0.25, -0.2) is 19.9 Å². The number of aromatic nitrogens is 4. The van der Waals surface area contributed by atoms with Crippen molar-refractivity contribution in [3.05, 3.63) is 83.9 Å². The van der Waals surface area contributed by atoms with Crippen molar-refractivity contribution in [3.63, 3.8) is 0 Å². The van der Waals surface area contributed by atoms with Crippen LogP contribution in [0.3, 0.4) is 0 Å². The lowest BCUT2D eigenvalue weighted by molar-refractivity contribution is 0.415. The topological polar surface area (TPSA) is 142 Å². The molecule has 2 aliphatic rings. The Morgan fingerprint density at radius 2 is 1.00 bits per heavy atom. The first kappa shape index (κ1) is 27.8. The van der Waals surface area contributed by atoms with Gasteiger partial charge in [-0.3, -0.25) is 0 Å². The third kappa shape index (κ3) is 5.88. The van der Waals surface area contributed by atoms with Gasteiger partial charge in [-0.2, -0.15) is 10.5 Å². The van der Waals surface area contributed by atoms with E-state index in [1.165, 1.54) is 23.5 Å². The van der Waals surface area contributed by atoms with E-state index in [1.54, 1.807) is 14.2 Å². The monoisotopic (exact) mass is 602 g/mol. The molecule has 2 aliphatic heterocycles. The van der Waals surface area contributed by atoms with E-state index >= 15 is 0 Å². The van der Waals surface area contributed by atoms with E-state index in [1.807, 2.05) is 72.8 Å². The number of thioether (sulfide) groups is 2. The third-order valence-electron chi connectivity index (χ3n) is 6.51. The fourth-order valence-corrected chi connectivity index (χ4v) is 6.07. The van der Waals surface area contributed by atoms with Gasteiger partial charge in [0.1, 0.15) is 34.8 Å². The van der Waals surface area contributed by atoms with Crippen LogP contribution in [0, 0.1) is 22.7 Å². The molecule has 3 aromatic carbocycles. The van der Waals surface area contributed by atoms with Crippen molar-refractivity contribution in [3.8, 4) is 46.2 Å². The molecule has 0 saturated heterocycles. The second-order valence-corrected chi connectivity index (χ2v) is 11.3. The van der Waals surface area contributed by atoms with E-state index < -0.39 is 0 Å². The molecule has 6 bridgehead atoms. The Bertz CT molecular complexity index is 1750. The normalized spacial score (nSPS) is 12.0. The van der Waals surface area contributed by atoms with Crippen molar-refractivity contribution in [1.29, 1.82) is 10.5 Å². The highest BCUT2D eigenvalue weighted by molar-refractivity contribution is 8.15. The molecular formula is C31H22N8O2S2. The van der Waals surface area contributed by atoms with Crippen LogP contribution in [0.25, 0.3) is 22.5 Å². The van der Waals surface area contributed by atoms with Gasteiger partial charge in [0.05, 0.1) is 30.7 Å². The number of nitriles is 2. The van der Waals surface area contributed by atoms with E-state index in [4.69, 9.17) is 29.4 Å². The summed E-state index contributed by atoms with van der Waals surface area (Å²) in [6.07, 6.45) is 0. The summed E-state index contributed by atoms with van der Waals surface area (Å²) in [5.74, 6) is 2.21. The van der Waals surface area contributed by atoms with Crippen molar-refractivity contribution in [1.82, 2.24) is 19.9 Å². The summed E-state index contributed by atoms with van der Waals surface area (Å²) in [5.41, 5.74) is 4.65. The Morgan fingerprint density at radius 1 is 0.605 bits per heavy atom. The van der Waals surface area contributed by atoms with Crippen LogP contribution in [-0.4, -0.2) is 39.2 Å². The minimum absolute atomic E-state index is 0.325. The number of hydrogen-bond acceptors (Lipinski definition) is 12. The molecule has 2 N–H and O–H groups in total. The number of methoxy groups -OCH3 is 2. The molecule has 0 radical (unpaired) electrons. The molecule has 4 heterocycles. The molecule has 210 valence electrons. The van der Waals surface area contributed by atoms with Crippen molar-refractivity contribution in [2.45, 2.75) is 10.3 Å². The maximum absolute atomic E-state index is 10.1. The fraction of sp³-hybridized carbons (Fsp3) is 0.0968. The number of ether oxygens (including phenoxy) is 2. The van der Waals surface area contributed by atoms with E-state index in [2.05, 4.69) is 22.8 Å². The van der Waals surface area contributed by atoms with Gasteiger partial charge in [0.2, 0.25) is 0 Å². The molecule has 0 spiro atoms. The van der Waals surface area contributed by atoms with Crippen LogP contribution in [0.5, 0.6) is 11.5 Å². The van der Waals surface area contributed by atoms with E-state index in [9.17, 15) is 10.5 Å². The zero-order valence-corrected chi connectivity index (χ0v) is 24.6. The molecule has 43 heavy (non-hydrogen) atoms. The number of rotatable bonds is 4. The van der Waals surface area contributed by atoms with Gasteiger partial charge in [-0.1, -0.05) is 23.5 Å². The van der Waals surface area contributed by atoms with Crippen molar-refractivity contribution < 1.29 is 9.47 Å². The molecule has 7 rings (SSSR count). The zero-order valence-electron chi connectivity index (χ0n) is 23.0. The number of fused-ring (bicyclic) bond motifs is 4. The Balaban J connectivity index is 1.45. The predicted molar refractivity (Wildman–Crippen MR) is 167 cm³/mol. The van der Waals surface area contributed by atoms with Gasteiger partial charge in [-0.05, 0) is 72.8 Å². The van der Waals surface area contributed by atoms with E-state index in [0.29, 0.717) is 61.0 Å². The molecular weight excluding hydrogens is 581 g/mol. The van der Waals surface area contributed by atoms with Gasteiger partial charge in [0.15, 0.2) is 21.9 Å². The standard InChI is InChI=1S/C31H22N8O2S2/c1-40-22-11-3-18(4-12-22)26-24(15-32)28-34-20-7-9-21(10-8-20)35-29-25(16-33)27(19-5-13-23(41-2)14-6-19)37-31(39-29)43-17-42-30(36-26)38-28/h3-14H,17H2,1-2H3,(H,34,36,38)(H,35,37,39). The SMILES string of the molecule is COc1ccc(-c2nc3nc(c2C#N)Nc2ccc(cc2)Nc2nc(nc(-c4ccc(OC)cc4)c2C#N)SCS3)cc1. The summed E-state index contributed by atoms with van der Waals surface area (Å²) in [6.45, 7) is 0. The van der Waals surface area contributed by atoms with Crippen molar-refractivity contribution >= 4 is 46.5 Å². The molecule has 0 aliphatic carbocycles. The fourth-order valence-electron chi connectivity index (χ4n) is 4.36. The first-order chi connectivity index (χ1) is 21.1. The average molecular weight is 603 g/mol. The maximum Gasteiger partial charge on any atom is 0.191 e. The lowest BCUT2D eigenvalue weighted by Gasteiger charge is -2.14. The number of hydrogen-bond donors (Lipinski definition) is 2. The first-order valence-corrected chi connectivity index (χ1v) is 14.9. The molecule has 12 heteroatoms. The second-order valence-electron chi connectivity index (χ2n) is 9.07. The maximum atomic E-state index is 10.1. The molecule has 0 saturated carbocycles. The smallest absolute Gasteiger partial charge is 0.191 e. The van der Waals surface area contributed by atoms with Gasteiger partial charge >= 0.3 is 0 Å². The molecule has 0 amide bonds. The van der Waals surface area contributed by atoms with Crippen LogP contribution < -0.4 is 20.1 Å². The van der Waals surface area contributed by atoms with Crippen molar-refractivity contribution in [2.24, 2.45) is 0 Å². The van der Waals surface area contributed by atoms with E-state index in [0.717, 1.165) is 22.5 Å². The summed E-state index contributed by atoms with van der Waals surface area (Å²) >= 11 is 2.80. The first-order valence-electron chi connectivity index (χ1n) is 12.9. The average Bonchev–Trinajstić information content (AvgIpc) is 3.05. The molecule has 2 aromatic heterocycles. The van der Waals surface area contributed by atoms with Gasteiger partial charge in [0, 0.05) is 22.5 Å². The second kappa shape index (κ2) is 12.3. The van der Waals surface area contributed by atoms with E-state index in [-0.39, 0.29) is 0 Å². The number of nitrogens with zero attached hydrogens (tertiary/aromatic N) is 6.